The van der Waals surface area contributed by atoms with E-state index in [0.29, 0.717) is 5.92 Å². The zero-order valence-electron chi connectivity index (χ0n) is 13.5. The minimum Gasteiger partial charge on any atom is -1.00 e. The Morgan fingerprint density at radius 3 is 1.70 bits per heavy atom. The molecule has 2 aliphatic carbocycles. The van der Waals surface area contributed by atoms with E-state index >= 15 is 0 Å². The van der Waals surface area contributed by atoms with Crippen LogP contribution < -0.4 is 24.8 Å². The van der Waals surface area contributed by atoms with Crippen molar-refractivity contribution in [3.05, 3.63) is 40.0 Å². The Morgan fingerprint density at radius 2 is 1.35 bits per heavy atom. The Kier molecular flexibility index (Phi) is 7.78. The molecule has 110 valence electrons. The molecular formula is C17H24Cl2Zr. The summed E-state index contributed by atoms with van der Waals surface area (Å²) >= 11 is -0.580. The number of rotatable bonds is 2. The van der Waals surface area contributed by atoms with Gasteiger partial charge in [-0.2, -0.15) is 0 Å². The van der Waals surface area contributed by atoms with Gasteiger partial charge in [-0.1, -0.05) is 0 Å². The van der Waals surface area contributed by atoms with Crippen molar-refractivity contribution in [1.29, 1.82) is 0 Å². The molecule has 0 heterocycles. The fraction of sp³-hybridized carbons (Fsp3) is 0.529. The summed E-state index contributed by atoms with van der Waals surface area (Å²) in [6.07, 6.45) is 1.23. The minimum atomic E-state index is -0.580. The molecule has 0 spiro atoms. The molecule has 20 heavy (non-hydrogen) atoms. The van der Waals surface area contributed by atoms with E-state index in [0.717, 1.165) is 0 Å². The van der Waals surface area contributed by atoms with Gasteiger partial charge in [0.1, 0.15) is 0 Å². The molecule has 3 heteroatoms. The molecule has 0 amide bonds. The van der Waals surface area contributed by atoms with Crippen LogP contribution in [0.5, 0.6) is 0 Å². The van der Waals surface area contributed by atoms with Crippen molar-refractivity contribution in [2.45, 2.75) is 54.9 Å². The number of hydrogen-bond donors (Lipinski definition) is 0. The van der Waals surface area contributed by atoms with E-state index in [4.69, 9.17) is 0 Å². The van der Waals surface area contributed by atoms with Gasteiger partial charge in [0.2, 0.25) is 0 Å². The van der Waals surface area contributed by atoms with Gasteiger partial charge in [0.05, 0.1) is 0 Å². The Balaban J connectivity index is 0.00000180. The van der Waals surface area contributed by atoms with E-state index in [1.54, 1.807) is 36.7 Å². The van der Waals surface area contributed by atoms with Crippen molar-refractivity contribution in [2.24, 2.45) is 5.92 Å². The summed E-state index contributed by atoms with van der Waals surface area (Å²) in [4.78, 5) is 0. The first-order valence-corrected chi connectivity index (χ1v) is 9.32. The van der Waals surface area contributed by atoms with Crippen LogP contribution in [-0.4, -0.2) is 0 Å². The normalized spacial score (nSPS) is 22.2. The second-order valence-electron chi connectivity index (χ2n) is 5.93. The third-order valence-electron chi connectivity index (χ3n) is 4.87. The quantitative estimate of drug-likeness (QED) is 0.588. The molecule has 0 aliphatic heterocycles. The predicted molar refractivity (Wildman–Crippen MR) is 75.9 cm³/mol. The van der Waals surface area contributed by atoms with Crippen molar-refractivity contribution in [3.8, 4) is 0 Å². The Morgan fingerprint density at radius 1 is 0.800 bits per heavy atom. The molecule has 0 saturated heterocycles. The summed E-state index contributed by atoms with van der Waals surface area (Å²) in [5.74, 6) is 0.714. The summed E-state index contributed by atoms with van der Waals surface area (Å²) in [7, 11) is 0. The topological polar surface area (TPSA) is 0 Å². The van der Waals surface area contributed by atoms with Gasteiger partial charge in [0, 0.05) is 0 Å². The molecule has 1 atom stereocenters. The Labute approximate surface area is 148 Å². The number of hydrogen-bond acceptors (Lipinski definition) is 0. The molecule has 0 bridgehead atoms. The fourth-order valence-electron chi connectivity index (χ4n) is 3.05. The Bertz CT molecular complexity index is 533. The van der Waals surface area contributed by atoms with E-state index < -0.39 is 23.2 Å². The summed E-state index contributed by atoms with van der Waals surface area (Å²) in [5, 5.41) is 0. The smallest absolute Gasteiger partial charge is 1.00 e. The second kappa shape index (κ2) is 7.61. The fourth-order valence-corrected chi connectivity index (χ4v) is 7.43. The van der Waals surface area contributed by atoms with E-state index in [9.17, 15) is 0 Å². The van der Waals surface area contributed by atoms with Gasteiger partial charge < -0.3 is 24.8 Å². The Hall–Kier alpha value is 0.423. The molecule has 2 rings (SSSR count). The van der Waals surface area contributed by atoms with Gasteiger partial charge >= 0.3 is 124 Å². The molecule has 0 fully saturated rings. The van der Waals surface area contributed by atoms with Gasteiger partial charge in [0.15, 0.2) is 0 Å². The molecule has 2 aliphatic rings. The van der Waals surface area contributed by atoms with Gasteiger partial charge in [-0.15, -0.1) is 0 Å². The molecule has 1 unspecified atom stereocenters. The molecule has 0 N–H and O–H groups in total. The molecule has 0 aromatic carbocycles. The van der Waals surface area contributed by atoms with Crippen molar-refractivity contribution in [2.75, 3.05) is 0 Å². The summed E-state index contributed by atoms with van der Waals surface area (Å²) in [6, 6.07) is 0. The number of halogens is 2. The third-order valence-corrected chi connectivity index (χ3v) is 10.1. The molecule has 0 radical (unpaired) electrons. The van der Waals surface area contributed by atoms with Gasteiger partial charge in [-0.25, -0.2) is 0 Å². The first-order valence-electron chi connectivity index (χ1n) is 6.86. The standard InChI is InChI=1S/C9H13.C8H11.2ClH.Zr/c1-6-5-7(2)9(4)8(6)3;1-6-4-7(2)8(3)5-6;;;/h6H,1-4H3;4H2,1-3H3;2*1H;/q;;;;+2/p-2. The summed E-state index contributed by atoms with van der Waals surface area (Å²) in [5.41, 5.74) is 9.67. The van der Waals surface area contributed by atoms with Crippen molar-refractivity contribution < 1.29 is 48.0 Å². The SMILES string of the molecule is CC1=C(C)[C]([Zr+2][C]2=C(C)C(C)=C(C)C2C)=C(C)C1.[Cl-].[Cl-]. The summed E-state index contributed by atoms with van der Waals surface area (Å²) < 4.78 is 3.59. The summed E-state index contributed by atoms with van der Waals surface area (Å²) in [6.45, 7) is 16.4. The maximum atomic E-state index is 2.41. The number of allylic oxidation sites excluding steroid dienone is 8. The van der Waals surface area contributed by atoms with Crippen LogP contribution >= 0.6 is 0 Å². The second-order valence-corrected chi connectivity index (χ2v) is 9.10. The zero-order chi connectivity index (χ0) is 13.6. The van der Waals surface area contributed by atoms with E-state index in [1.165, 1.54) is 6.42 Å². The monoisotopic (exact) mass is 388 g/mol. The van der Waals surface area contributed by atoms with Crippen LogP contribution in [0, 0.1) is 5.92 Å². The van der Waals surface area contributed by atoms with Gasteiger partial charge in [-0.05, 0) is 0 Å². The van der Waals surface area contributed by atoms with Crippen LogP contribution in [0.4, 0.5) is 0 Å². The van der Waals surface area contributed by atoms with Crippen LogP contribution in [0.25, 0.3) is 0 Å². The maximum absolute atomic E-state index is 2.41. The maximum Gasteiger partial charge on any atom is -1.00 e. The average molecular weight is 391 g/mol. The van der Waals surface area contributed by atoms with Crippen LogP contribution in [0.1, 0.15) is 54.9 Å². The van der Waals surface area contributed by atoms with Crippen molar-refractivity contribution >= 4 is 0 Å². The third kappa shape index (κ3) is 3.42. The van der Waals surface area contributed by atoms with Crippen LogP contribution in [-0.2, 0) is 23.2 Å². The first kappa shape index (κ1) is 20.4. The predicted octanol–water partition coefficient (Wildman–Crippen LogP) is -0.649. The molecule has 0 saturated carbocycles. The van der Waals surface area contributed by atoms with Crippen molar-refractivity contribution in [3.63, 3.8) is 0 Å². The molecule has 0 aromatic rings. The first-order chi connectivity index (χ1) is 8.34. The molecule has 0 aromatic heterocycles. The van der Waals surface area contributed by atoms with Crippen LogP contribution in [0.2, 0.25) is 0 Å². The van der Waals surface area contributed by atoms with Crippen LogP contribution in [0.3, 0.4) is 0 Å². The largest absolute Gasteiger partial charge is 1.00 e. The van der Waals surface area contributed by atoms with Gasteiger partial charge in [-0.3, -0.25) is 0 Å². The van der Waals surface area contributed by atoms with Crippen LogP contribution in [0.15, 0.2) is 40.0 Å². The van der Waals surface area contributed by atoms with E-state index in [2.05, 4.69) is 48.5 Å². The average Bonchev–Trinajstić information content (AvgIpc) is 2.66. The van der Waals surface area contributed by atoms with E-state index in [-0.39, 0.29) is 24.8 Å². The molecule has 0 nitrogen and oxygen atoms in total. The van der Waals surface area contributed by atoms with Crippen molar-refractivity contribution in [1.82, 2.24) is 0 Å². The molecular weight excluding hydrogens is 366 g/mol. The zero-order valence-corrected chi connectivity index (χ0v) is 17.5. The minimum absolute atomic E-state index is 0. The van der Waals surface area contributed by atoms with E-state index in [1.807, 2.05) is 3.28 Å². The van der Waals surface area contributed by atoms with Gasteiger partial charge in [0.25, 0.3) is 0 Å².